The molecule has 63 heavy (non-hydrogen) atoms. The third kappa shape index (κ3) is 6.16. The van der Waals surface area contributed by atoms with Gasteiger partial charge >= 0.3 is 0 Å². The maximum atomic E-state index is 2.44. The van der Waals surface area contributed by atoms with Gasteiger partial charge in [0.2, 0.25) is 0 Å². The zero-order valence-corrected chi connectivity index (χ0v) is 35.1. The lowest BCUT2D eigenvalue weighted by Crippen LogP contribution is -1.95. The van der Waals surface area contributed by atoms with Crippen molar-refractivity contribution < 1.29 is 0 Å². The minimum absolute atomic E-state index is 0.943. The van der Waals surface area contributed by atoms with Crippen molar-refractivity contribution in [2.75, 3.05) is 0 Å². The second kappa shape index (κ2) is 15.2. The Morgan fingerprint density at radius 3 is 1.44 bits per heavy atom. The highest BCUT2D eigenvalue weighted by molar-refractivity contribution is 6.29. The second-order valence-electron chi connectivity index (χ2n) is 16.7. The molecule has 0 bridgehead atoms. The van der Waals surface area contributed by atoms with Gasteiger partial charge in [0.1, 0.15) is 0 Å². The van der Waals surface area contributed by atoms with Crippen LogP contribution in [0.1, 0.15) is 12.5 Å². The lowest BCUT2D eigenvalue weighted by atomic mass is 9.85. The van der Waals surface area contributed by atoms with Crippen LogP contribution in [-0.2, 0) is 6.42 Å². The van der Waals surface area contributed by atoms with Gasteiger partial charge in [0.15, 0.2) is 0 Å². The molecule has 0 amide bonds. The van der Waals surface area contributed by atoms with Crippen LogP contribution in [0.4, 0.5) is 0 Å². The molecule has 12 rings (SSSR count). The first-order valence-corrected chi connectivity index (χ1v) is 22.1. The van der Waals surface area contributed by atoms with Crippen molar-refractivity contribution in [1.82, 2.24) is 4.57 Å². The number of aromatic nitrogens is 1. The van der Waals surface area contributed by atoms with Crippen molar-refractivity contribution in [3.63, 3.8) is 0 Å². The van der Waals surface area contributed by atoms with Crippen LogP contribution in [0.25, 0.3) is 115 Å². The van der Waals surface area contributed by atoms with Crippen LogP contribution in [0.5, 0.6) is 0 Å². The van der Waals surface area contributed by atoms with E-state index in [1.807, 2.05) is 0 Å². The van der Waals surface area contributed by atoms with E-state index in [4.69, 9.17) is 0 Å². The number of hydrogen-bond acceptors (Lipinski definition) is 0. The molecule has 0 atom stereocenters. The van der Waals surface area contributed by atoms with Crippen molar-refractivity contribution in [3.8, 4) is 61.3 Å². The Morgan fingerprint density at radius 1 is 0.286 bits per heavy atom. The van der Waals surface area contributed by atoms with Gasteiger partial charge in [-0.05, 0) is 142 Å². The van der Waals surface area contributed by atoms with Crippen LogP contribution in [0.2, 0.25) is 0 Å². The Hall–Kier alpha value is -8.00. The van der Waals surface area contributed by atoms with Gasteiger partial charge in [0.25, 0.3) is 0 Å². The molecule has 0 aliphatic carbocycles. The van der Waals surface area contributed by atoms with Gasteiger partial charge in [-0.1, -0.05) is 195 Å². The smallest absolute Gasteiger partial charge is 0.0547 e. The summed E-state index contributed by atoms with van der Waals surface area (Å²) in [6.45, 7) is 2.28. The van der Waals surface area contributed by atoms with Gasteiger partial charge in [0, 0.05) is 16.5 Å². The number of benzene rings is 11. The second-order valence-corrected chi connectivity index (χ2v) is 16.7. The Bertz CT molecular complexity index is 3610. The summed E-state index contributed by atoms with van der Waals surface area (Å²) in [7, 11) is 0. The Balaban J connectivity index is 1.07. The maximum Gasteiger partial charge on any atom is 0.0547 e. The first kappa shape index (κ1) is 36.8. The largest absolute Gasteiger partial charge is 0.309 e. The molecule has 0 saturated carbocycles. The highest BCUT2D eigenvalue weighted by atomic mass is 15.0. The molecule has 0 unspecified atom stereocenters. The zero-order chi connectivity index (χ0) is 41.9. The molecular formula is C62H43N. The van der Waals surface area contributed by atoms with Crippen molar-refractivity contribution in [1.29, 1.82) is 0 Å². The minimum Gasteiger partial charge on any atom is -0.309 e. The van der Waals surface area contributed by atoms with Crippen molar-refractivity contribution >= 4 is 54.1 Å². The number of fused-ring (bicyclic) bond motifs is 9. The van der Waals surface area contributed by atoms with E-state index in [0.717, 1.165) is 12.1 Å². The fourth-order valence-electron chi connectivity index (χ4n) is 10.2. The van der Waals surface area contributed by atoms with Crippen LogP contribution in [-0.4, -0.2) is 4.57 Å². The Labute approximate surface area is 367 Å². The average molecular weight is 802 g/mol. The summed E-state index contributed by atoms with van der Waals surface area (Å²) >= 11 is 0. The summed E-state index contributed by atoms with van der Waals surface area (Å²) in [5.74, 6) is 0. The summed E-state index contributed by atoms with van der Waals surface area (Å²) in [6, 6.07) is 85.1. The van der Waals surface area contributed by atoms with Gasteiger partial charge < -0.3 is 4.57 Å². The fourth-order valence-corrected chi connectivity index (χ4v) is 10.2. The predicted molar refractivity (Wildman–Crippen MR) is 270 cm³/mol. The standard InChI is InChI=1S/C62H43N/c1-2-49-57(43-19-8-4-9-20-43)38-47(39-58(49)44-21-10-5-11-22-44)45-31-36-56-59(37-45)52-24-13-12-23-51(52)55-27-16-26-50(62(55)56)46-32-35-54-53-25-14-15-28-60(53)63(61(54)40-46)48-33-29-42(30-34-48)41-17-6-3-7-18-41/h3-40H,2H2,1H3. The molecule has 1 nitrogen and oxygen atoms in total. The fraction of sp³-hybridized carbons (Fsp3) is 0.0323. The summed E-state index contributed by atoms with van der Waals surface area (Å²) in [4.78, 5) is 0. The van der Waals surface area contributed by atoms with E-state index in [1.165, 1.54) is 115 Å². The molecule has 0 fully saturated rings. The molecule has 1 heteroatoms. The van der Waals surface area contributed by atoms with Gasteiger partial charge in [-0.15, -0.1) is 0 Å². The summed E-state index contributed by atoms with van der Waals surface area (Å²) in [6.07, 6.45) is 0.943. The highest BCUT2D eigenvalue weighted by Crippen LogP contribution is 2.44. The molecule has 1 heterocycles. The van der Waals surface area contributed by atoms with Gasteiger partial charge in [-0.3, -0.25) is 0 Å². The third-order valence-electron chi connectivity index (χ3n) is 13.2. The lowest BCUT2D eigenvalue weighted by Gasteiger charge is -2.19. The predicted octanol–water partition coefficient (Wildman–Crippen LogP) is 17.1. The molecule has 0 saturated heterocycles. The third-order valence-corrected chi connectivity index (χ3v) is 13.2. The summed E-state index contributed by atoms with van der Waals surface area (Å²) in [5.41, 5.74) is 17.3. The Kier molecular flexibility index (Phi) is 8.86. The zero-order valence-electron chi connectivity index (χ0n) is 35.1. The molecule has 0 radical (unpaired) electrons. The molecule has 0 aliphatic rings. The average Bonchev–Trinajstić information content (AvgIpc) is 3.70. The van der Waals surface area contributed by atoms with Crippen molar-refractivity contribution in [2.24, 2.45) is 0 Å². The van der Waals surface area contributed by atoms with Gasteiger partial charge in [-0.25, -0.2) is 0 Å². The molecule has 0 N–H and O–H groups in total. The van der Waals surface area contributed by atoms with E-state index in [1.54, 1.807) is 0 Å². The molecule has 296 valence electrons. The molecular weight excluding hydrogens is 759 g/mol. The van der Waals surface area contributed by atoms with Gasteiger partial charge in [-0.2, -0.15) is 0 Å². The Morgan fingerprint density at radius 2 is 0.778 bits per heavy atom. The van der Waals surface area contributed by atoms with Crippen molar-refractivity contribution in [2.45, 2.75) is 13.3 Å². The van der Waals surface area contributed by atoms with E-state index < -0.39 is 0 Å². The maximum absolute atomic E-state index is 2.44. The van der Waals surface area contributed by atoms with E-state index in [-0.39, 0.29) is 0 Å². The molecule has 12 aromatic rings. The number of rotatable bonds is 7. The van der Waals surface area contributed by atoms with Gasteiger partial charge in [0.05, 0.1) is 11.0 Å². The SMILES string of the molecule is CCc1c(-c2ccccc2)cc(-c2ccc3c(c2)c2ccccc2c2cccc(-c4ccc5c6ccccc6n(-c6ccc(-c7ccccc7)cc6)c5c4)c23)cc1-c1ccccc1. The summed E-state index contributed by atoms with van der Waals surface area (Å²) in [5, 5.41) is 10.1. The molecule has 11 aromatic carbocycles. The van der Waals surface area contributed by atoms with E-state index in [2.05, 4.69) is 242 Å². The monoisotopic (exact) mass is 801 g/mol. The van der Waals surface area contributed by atoms with E-state index in [9.17, 15) is 0 Å². The first-order valence-electron chi connectivity index (χ1n) is 22.1. The van der Waals surface area contributed by atoms with E-state index in [0.29, 0.717) is 0 Å². The van der Waals surface area contributed by atoms with E-state index >= 15 is 0 Å². The quantitative estimate of drug-likeness (QED) is 0.142. The van der Waals surface area contributed by atoms with Crippen LogP contribution in [0.15, 0.2) is 231 Å². The number of para-hydroxylation sites is 1. The minimum atomic E-state index is 0.943. The van der Waals surface area contributed by atoms with Crippen LogP contribution >= 0.6 is 0 Å². The van der Waals surface area contributed by atoms with Crippen LogP contribution in [0.3, 0.4) is 0 Å². The molecule has 0 aliphatic heterocycles. The lowest BCUT2D eigenvalue weighted by molar-refractivity contribution is 1.14. The summed E-state index contributed by atoms with van der Waals surface area (Å²) < 4.78 is 2.44. The van der Waals surface area contributed by atoms with Crippen molar-refractivity contribution in [3.05, 3.63) is 236 Å². The molecule has 0 spiro atoms. The van der Waals surface area contributed by atoms with Crippen LogP contribution in [0, 0.1) is 0 Å². The number of nitrogens with zero attached hydrogens (tertiary/aromatic N) is 1. The highest BCUT2D eigenvalue weighted by Gasteiger charge is 2.19. The topological polar surface area (TPSA) is 4.93 Å². The first-order chi connectivity index (χ1) is 31.2. The molecule has 1 aromatic heterocycles. The van der Waals surface area contributed by atoms with Crippen LogP contribution < -0.4 is 0 Å². The normalized spacial score (nSPS) is 11.6. The number of hydrogen-bond donors (Lipinski definition) is 0.